The van der Waals surface area contributed by atoms with Gasteiger partial charge in [0, 0.05) is 6.42 Å². The first-order chi connectivity index (χ1) is 10.0. The molecule has 0 amide bonds. The molecule has 1 radical (unpaired) electrons. The molecule has 2 N–H and O–H groups in total. The van der Waals surface area contributed by atoms with Gasteiger partial charge in [-0.2, -0.15) is 5.90 Å². The molecule has 0 aromatic carbocycles. The van der Waals surface area contributed by atoms with Crippen LogP contribution in [-0.4, -0.2) is 18.3 Å². The Morgan fingerprint density at radius 1 is 1.00 bits per heavy atom. The first-order valence-corrected chi connectivity index (χ1v) is 9.36. The lowest BCUT2D eigenvalue weighted by Gasteiger charge is -2.03. The summed E-state index contributed by atoms with van der Waals surface area (Å²) in [4.78, 5) is 11.3. The summed E-state index contributed by atoms with van der Waals surface area (Å²) in [6.07, 6.45) is 10.9. The lowest BCUT2D eigenvalue weighted by atomic mass is 10.1. The van der Waals surface area contributed by atoms with Crippen LogP contribution in [0.3, 0.4) is 0 Å². The van der Waals surface area contributed by atoms with Gasteiger partial charge in [-0.05, 0) is 14.9 Å². The molecule has 1 unspecified atom stereocenters. The van der Waals surface area contributed by atoms with E-state index in [1.54, 1.807) is 0 Å². The van der Waals surface area contributed by atoms with Crippen molar-refractivity contribution in [3.8, 4) is 0 Å². The molecule has 0 aliphatic carbocycles. The second-order valence-corrected chi connectivity index (χ2v) is 6.87. The van der Waals surface area contributed by atoms with Gasteiger partial charge in [-0.25, -0.2) is 0 Å². The van der Waals surface area contributed by atoms with Gasteiger partial charge in [0.1, 0.15) is 6.61 Å². The number of unbranched alkanes of at least 4 members (excludes halogenated alkanes) is 8. The van der Waals surface area contributed by atoms with Gasteiger partial charge in [-0.1, -0.05) is 58.3 Å². The van der Waals surface area contributed by atoms with Crippen molar-refractivity contribution < 1.29 is 22.6 Å². The van der Waals surface area contributed by atoms with E-state index in [0.29, 0.717) is 6.42 Å². The normalized spacial score (nSPS) is 13.9. The summed E-state index contributed by atoms with van der Waals surface area (Å²) in [6, 6.07) is 0. The zero-order valence-corrected chi connectivity index (χ0v) is 13.8. The zero-order valence-electron chi connectivity index (χ0n) is 13.0. The minimum absolute atomic E-state index is 0.213. The number of ether oxygens (including phenoxy) is 1. The van der Waals surface area contributed by atoms with Crippen molar-refractivity contribution in [2.24, 2.45) is 5.90 Å². The van der Waals surface area contributed by atoms with Crippen LogP contribution < -0.4 is 5.90 Å². The highest BCUT2D eigenvalue weighted by Gasteiger charge is 2.29. The fraction of sp³-hybridized carbons (Fsp3) is 0.929. The third kappa shape index (κ3) is 14.2. The fourth-order valence-electron chi connectivity index (χ4n) is 1.96. The van der Waals surface area contributed by atoms with E-state index < -0.39 is 16.2 Å². The molecule has 0 aliphatic heterocycles. The maximum Gasteiger partial charge on any atom is 0.416 e. The molecular weight excluding hydrogens is 294 g/mol. The van der Waals surface area contributed by atoms with Crippen LogP contribution in [0.1, 0.15) is 71.1 Å². The fourth-order valence-corrected chi connectivity index (χ4v) is 2.34. The summed E-state index contributed by atoms with van der Waals surface area (Å²) in [5, 5.41) is 0. The smallest absolute Gasteiger partial charge is 0.416 e. The van der Waals surface area contributed by atoms with Crippen LogP contribution in [0.15, 0.2) is 0 Å². The second kappa shape index (κ2) is 13.2. The molecule has 1 atom stereocenters. The van der Waals surface area contributed by atoms with Gasteiger partial charge in [0.25, 0.3) is 0 Å². The molecule has 0 rings (SSSR count). The molecule has 0 aliphatic rings. The number of rotatable bonds is 14. The van der Waals surface area contributed by atoms with Crippen LogP contribution in [-0.2, 0) is 33.1 Å². The number of hydrogen-bond acceptors (Lipinski definition) is 5. The monoisotopic (exact) mass is 323 g/mol. The Hall–Kier alpha value is -0.500. The molecule has 125 valence electrons. The minimum Gasteiger partial charge on any atom is -0.460 e. The highest BCUT2D eigenvalue weighted by molar-refractivity contribution is 7.92. The van der Waals surface area contributed by atoms with Crippen LogP contribution in [0.4, 0.5) is 0 Å². The number of esters is 1. The summed E-state index contributed by atoms with van der Waals surface area (Å²) >= 11 is 0. The predicted octanol–water partition coefficient (Wildman–Crippen LogP) is 3.10. The highest BCUT2D eigenvalue weighted by Crippen LogP contribution is 2.10. The Bertz CT molecular complexity index is 312. The molecular formula is C14H29NO5S+. The lowest BCUT2D eigenvalue weighted by Crippen LogP contribution is -2.24. The van der Waals surface area contributed by atoms with Crippen molar-refractivity contribution >= 4 is 16.5 Å². The average Bonchev–Trinajstić information content (AvgIpc) is 2.45. The van der Waals surface area contributed by atoms with Gasteiger partial charge in [0.15, 0.2) is 0 Å². The van der Waals surface area contributed by atoms with E-state index in [0.717, 1.165) is 19.3 Å². The van der Waals surface area contributed by atoms with Crippen LogP contribution in [0, 0.1) is 0 Å². The van der Waals surface area contributed by atoms with E-state index >= 15 is 0 Å². The Kier molecular flexibility index (Phi) is 12.9. The van der Waals surface area contributed by atoms with Gasteiger partial charge >= 0.3 is 16.5 Å². The van der Waals surface area contributed by atoms with Crippen molar-refractivity contribution in [2.45, 2.75) is 71.1 Å². The SMILES string of the molecule is CCCCCCCCCCCC(=O)OCC[S+]([O])(=O)ON. The molecule has 0 spiro atoms. The number of hydrogen-bond donors (Lipinski definition) is 1. The van der Waals surface area contributed by atoms with E-state index in [-0.39, 0.29) is 12.6 Å². The second-order valence-electron chi connectivity index (χ2n) is 5.16. The topological polar surface area (TPSA) is 98.5 Å². The van der Waals surface area contributed by atoms with Gasteiger partial charge in [-0.15, -0.1) is 0 Å². The Labute approximate surface area is 129 Å². The van der Waals surface area contributed by atoms with Crippen molar-refractivity contribution in [1.29, 1.82) is 0 Å². The van der Waals surface area contributed by atoms with E-state index in [9.17, 15) is 13.6 Å². The maximum absolute atomic E-state index is 11.3. The third-order valence-electron chi connectivity index (χ3n) is 3.23. The molecule has 7 heteroatoms. The van der Waals surface area contributed by atoms with Crippen LogP contribution >= 0.6 is 0 Å². The molecule has 0 bridgehead atoms. The zero-order chi connectivity index (χ0) is 16.0. The molecule has 0 heterocycles. The summed E-state index contributed by atoms with van der Waals surface area (Å²) < 4.78 is 30.3. The molecule has 6 nitrogen and oxygen atoms in total. The maximum atomic E-state index is 11.3. The molecule has 0 saturated carbocycles. The molecule has 0 fully saturated rings. The largest absolute Gasteiger partial charge is 0.460 e. The van der Waals surface area contributed by atoms with E-state index in [2.05, 4.69) is 17.1 Å². The lowest BCUT2D eigenvalue weighted by molar-refractivity contribution is -0.143. The van der Waals surface area contributed by atoms with Crippen LogP contribution in [0.25, 0.3) is 0 Å². The summed E-state index contributed by atoms with van der Waals surface area (Å²) in [6.45, 7) is 1.99. The minimum atomic E-state index is -3.76. The van der Waals surface area contributed by atoms with E-state index in [1.165, 1.54) is 38.5 Å². The summed E-state index contributed by atoms with van der Waals surface area (Å²) in [5.74, 6) is 3.78. The molecule has 0 saturated heterocycles. The van der Waals surface area contributed by atoms with Crippen LogP contribution in [0.2, 0.25) is 0 Å². The Morgan fingerprint density at radius 2 is 1.52 bits per heavy atom. The third-order valence-corrected chi connectivity index (χ3v) is 4.19. The standard InChI is InChI=1S/C14H29NO5S/c1-2-3-4-5-6-7-8-9-10-11-14(16)19-12-13-21(17,18)20-15/h2-13,15H2,1H3/q+1. The first-order valence-electron chi connectivity index (χ1n) is 7.78. The van der Waals surface area contributed by atoms with Gasteiger partial charge in [-0.3, -0.25) is 4.79 Å². The summed E-state index contributed by atoms with van der Waals surface area (Å²) in [7, 11) is -3.76. The van der Waals surface area contributed by atoms with Crippen molar-refractivity contribution in [2.75, 3.05) is 12.4 Å². The summed E-state index contributed by atoms with van der Waals surface area (Å²) in [5.41, 5.74) is 0. The van der Waals surface area contributed by atoms with E-state index in [1.807, 2.05) is 0 Å². The Morgan fingerprint density at radius 3 is 2.05 bits per heavy atom. The number of nitrogens with two attached hydrogens (primary N) is 1. The van der Waals surface area contributed by atoms with Crippen molar-refractivity contribution in [3.05, 3.63) is 0 Å². The molecule has 0 aromatic rings. The number of carbonyl (C=O) groups is 1. The Balaban J connectivity index is 3.32. The van der Waals surface area contributed by atoms with Gasteiger partial charge < -0.3 is 4.74 Å². The van der Waals surface area contributed by atoms with Crippen molar-refractivity contribution in [3.63, 3.8) is 0 Å². The molecule has 0 aromatic heterocycles. The molecule has 21 heavy (non-hydrogen) atoms. The highest BCUT2D eigenvalue weighted by atomic mass is 32.3. The number of carbonyl (C=O) groups excluding carboxylic acids is 1. The van der Waals surface area contributed by atoms with Crippen molar-refractivity contribution in [1.82, 2.24) is 0 Å². The first kappa shape index (κ1) is 20.5. The van der Waals surface area contributed by atoms with Gasteiger partial charge in [0.2, 0.25) is 5.75 Å². The predicted molar refractivity (Wildman–Crippen MR) is 81.7 cm³/mol. The van der Waals surface area contributed by atoms with Crippen LogP contribution in [0.5, 0.6) is 0 Å². The van der Waals surface area contributed by atoms with Gasteiger partial charge in [0.05, 0.1) is 4.55 Å². The van der Waals surface area contributed by atoms with E-state index in [4.69, 9.17) is 4.74 Å². The quantitative estimate of drug-likeness (QED) is 0.229. The average molecular weight is 323 g/mol.